The zero-order valence-corrected chi connectivity index (χ0v) is 10.2. The molecule has 0 saturated heterocycles. The molecule has 88 valence electrons. The summed E-state index contributed by atoms with van der Waals surface area (Å²) >= 11 is 0. The van der Waals surface area contributed by atoms with Gasteiger partial charge in [-0.15, -0.1) is 0 Å². The van der Waals surface area contributed by atoms with Crippen LogP contribution < -0.4 is 5.90 Å². The van der Waals surface area contributed by atoms with Crippen LogP contribution in [-0.2, 0) is 10.4 Å². The zero-order chi connectivity index (χ0) is 12.3. The van der Waals surface area contributed by atoms with E-state index in [2.05, 4.69) is 36.4 Å². The lowest BCUT2D eigenvalue weighted by molar-refractivity contribution is -0.0236. The Balaban J connectivity index is 2.31. The summed E-state index contributed by atoms with van der Waals surface area (Å²) in [4.78, 5) is 4.97. The summed E-state index contributed by atoms with van der Waals surface area (Å²) in [6, 6.07) is 18.6. The molecule has 17 heavy (non-hydrogen) atoms. The van der Waals surface area contributed by atoms with Crippen LogP contribution in [0, 0.1) is 0 Å². The largest absolute Gasteiger partial charge is 0.294 e. The molecular weight excluding hydrogens is 210 g/mol. The Bertz CT molecular complexity index is 474. The summed E-state index contributed by atoms with van der Waals surface area (Å²) in [5.74, 6) is 5.29. The van der Waals surface area contributed by atoms with E-state index in [1.807, 2.05) is 32.0 Å². The first-order chi connectivity index (χ1) is 8.13. The van der Waals surface area contributed by atoms with Gasteiger partial charge in [-0.05, 0) is 30.5 Å². The minimum atomic E-state index is -0.449. The molecule has 2 heteroatoms. The van der Waals surface area contributed by atoms with Crippen molar-refractivity contribution in [2.24, 2.45) is 5.90 Å². The van der Waals surface area contributed by atoms with Gasteiger partial charge in [0.05, 0.1) is 0 Å². The van der Waals surface area contributed by atoms with Gasteiger partial charge in [0.1, 0.15) is 5.60 Å². The minimum Gasteiger partial charge on any atom is -0.294 e. The van der Waals surface area contributed by atoms with Crippen molar-refractivity contribution in [3.63, 3.8) is 0 Å². The van der Waals surface area contributed by atoms with Crippen molar-refractivity contribution in [3.05, 3.63) is 60.2 Å². The number of hydrogen-bond donors (Lipinski definition) is 1. The van der Waals surface area contributed by atoms with Crippen LogP contribution in [0.3, 0.4) is 0 Å². The van der Waals surface area contributed by atoms with Crippen molar-refractivity contribution in [2.45, 2.75) is 19.4 Å². The number of hydrogen-bond acceptors (Lipinski definition) is 2. The van der Waals surface area contributed by atoms with E-state index in [-0.39, 0.29) is 0 Å². The third-order valence-electron chi connectivity index (χ3n) is 2.98. The van der Waals surface area contributed by atoms with Crippen LogP contribution in [0.2, 0.25) is 0 Å². The van der Waals surface area contributed by atoms with E-state index in [4.69, 9.17) is 10.7 Å². The summed E-state index contributed by atoms with van der Waals surface area (Å²) in [7, 11) is 0. The topological polar surface area (TPSA) is 35.2 Å². The highest BCUT2D eigenvalue weighted by atomic mass is 16.6. The maximum Gasteiger partial charge on any atom is 0.109 e. The Hall–Kier alpha value is -1.64. The fraction of sp³-hybridized carbons (Fsp3) is 0.200. The van der Waals surface area contributed by atoms with E-state index in [1.165, 1.54) is 11.1 Å². The van der Waals surface area contributed by atoms with E-state index in [1.54, 1.807) is 0 Å². The maximum atomic E-state index is 5.29. The Labute approximate surface area is 102 Å². The van der Waals surface area contributed by atoms with E-state index < -0.39 is 5.60 Å². The Morgan fingerprint density at radius 2 is 1.35 bits per heavy atom. The zero-order valence-electron chi connectivity index (χ0n) is 10.2. The van der Waals surface area contributed by atoms with Gasteiger partial charge in [0.25, 0.3) is 0 Å². The van der Waals surface area contributed by atoms with Gasteiger partial charge in [-0.2, -0.15) is 0 Å². The van der Waals surface area contributed by atoms with Crippen molar-refractivity contribution in [1.29, 1.82) is 0 Å². The standard InChI is InChI=1S/C15H17NO/c1-15(2,17-16)14-10-8-13(9-11-14)12-6-4-3-5-7-12/h3-11H,16H2,1-2H3. The molecular formula is C15H17NO. The highest BCUT2D eigenvalue weighted by Gasteiger charge is 2.19. The molecule has 0 atom stereocenters. The second kappa shape index (κ2) is 4.70. The van der Waals surface area contributed by atoms with Crippen molar-refractivity contribution < 1.29 is 4.84 Å². The summed E-state index contributed by atoms with van der Waals surface area (Å²) in [5.41, 5.74) is 3.03. The molecule has 2 aromatic carbocycles. The molecule has 0 spiro atoms. The van der Waals surface area contributed by atoms with Crippen molar-refractivity contribution in [3.8, 4) is 11.1 Å². The second-order valence-electron chi connectivity index (χ2n) is 4.57. The third-order valence-corrected chi connectivity index (χ3v) is 2.98. The summed E-state index contributed by atoms with van der Waals surface area (Å²) in [6.07, 6.45) is 0. The molecule has 0 fully saturated rings. The van der Waals surface area contributed by atoms with Gasteiger partial charge >= 0.3 is 0 Å². The first-order valence-electron chi connectivity index (χ1n) is 5.67. The molecule has 0 amide bonds. The molecule has 0 saturated carbocycles. The van der Waals surface area contributed by atoms with Crippen LogP contribution in [0.15, 0.2) is 54.6 Å². The Morgan fingerprint density at radius 3 is 1.88 bits per heavy atom. The fourth-order valence-corrected chi connectivity index (χ4v) is 1.76. The molecule has 0 heterocycles. The van der Waals surface area contributed by atoms with Gasteiger partial charge in [-0.25, -0.2) is 5.90 Å². The van der Waals surface area contributed by atoms with E-state index in [0.29, 0.717) is 0 Å². The fourth-order valence-electron chi connectivity index (χ4n) is 1.76. The third kappa shape index (κ3) is 2.54. The van der Waals surface area contributed by atoms with Crippen molar-refractivity contribution >= 4 is 0 Å². The monoisotopic (exact) mass is 227 g/mol. The lowest BCUT2D eigenvalue weighted by atomic mass is 9.95. The molecule has 2 rings (SSSR count). The predicted octanol–water partition coefficient (Wildman–Crippen LogP) is 3.48. The second-order valence-corrected chi connectivity index (χ2v) is 4.57. The summed E-state index contributed by atoms with van der Waals surface area (Å²) < 4.78 is 0. The van der Waals surface area contributed by atoms with E-state index in [9.17, 15) is 0 Å². The van der Waals surface area contributed by atoms with Gasteiger partial charge in [0, 0.05) is 0 Å². The van der Waals surface area contributed by atoms with Crippen LogP contribution >= 0.6 is 0 Å². The van der Waals surface area contributed by atoms with Gasteiger partial charge in [0.15, 0.2) is 0 Å². The summed E-state index contributed by atoms with van der Waals surface area (Å²) in [5, 5.41) is 0. The molecule has 0 aromatic heterocycles. The SMILES string of the molecule is CC(C)(ON)c1ccc(-c2ccccc2)cc1. The summed E-state index contributed by atoms with van der Waals surface area (Å²) in [6.45, 7) is 3.90. The number of benzene rings is 2. The Morgan fingerprint density at radius 1 is 0.824 bits per heavy atom. The van der Waals surface area contributed by atoms with E-state index in [0.717, 1.165) is 5.56 Å². The maximum absolute atomic E-state index is 5.29. The van der Waals surface area contributed by atoms with Crippen LogP contribution in [0.5, 0.6) is 0 Å². The number of nitrogens with two attached hydrogens (primary N) is 1. The lowest BCUT2D eigenvalue weighted by Gasteiger charge is -2.22. The Kier molecular flexibility index (Phi) is 3.27. The van der Waals surface area contributed by atoms with Gasteiger partial charge in [-0.3, -0.25) is 4.84 Å². The molecule has 2 nitrogen and oxygen atoms in total. The van der Waals surface area contributed by atoms with Gasteiger partial charge in [0.2, 0.25) is 0 Å². The lowest BCUT2D eigenvalue weighted by Crippen LogP contribution is -2.25. The molecule has 0 unspecified atom stereocenters. The highest BCUT2D eigenvalue weighted by Crippen LogP contribution is 2.26. The smallest absolute Gasteiger partial charge is 0.109 e. The van der Waals surface area contributed by atoms with Crippen LogP contribution in [0.25, 0.3) is 11.1 Å². The molecule has 0 radical (unpaired) electrons. The van der Waals surface area contributed by atoms with Crippen molar-refractivity contribution in [2.75, 3.05) is 0 Å². The molecule has 0 aliphatic heterocycles. The highest BCUT2D eigenvalue weighted by molar-refractivity contribution is 5.63. The minimum absolute atomic E-state index is 0.449. The average molecular weight is 227 g/mol. The van der Waals surface area contributed by atoms with Gasteiger partial charge in [-0.1, -0.05) is 54.6 Å². The quantitative estimate of drug-likeness (QED) is 0.815. The number of rotatable bonds is 3. The van der Waals surface area contributed by atoms with Crippen LogP contribution in [0.1, 0.15) is 19.4 Å². The molecule has 2 aromatic rings. The molecule has 0 bridgehead atoms. The van der Waals surface area contributed by atoms with E-state index >= 15 is 0 Å². The van der Waals surface area contributed by atoms with Crippen LogP contribution in [0.4, 0.5) is 0 Å². The average Bonchev–Trinajstić information content (AvgIpc) is 2.40. The molecule has 0 aliphatic carbocycles. The normalized spacial score (nSPS) is 11.5. The van der Waals surface area contributed by atoms with Gasteiger partial charge < -0.3 is 0 Å². The predicted molar refractivity (Wildman–Crippen MR) is 70.2 cm³/mol. The molecule has 0 aliphatic rings. The molecule has 2 N–H and O–H groups in total. The van der Waals surface area contributed by atoms with Crippen LogP contribution in [-0.4, -0.2) is 0 Å². The first-order valence-corrected chi connectivity index (χ1v) is 5.67. The first kappa shape index (κ1) is 11.8. The van der Waals surface area contributed by atoms with Crippen molar-refractivity contribution in [1.82, 2.24) is 0 Å².